The highest BCUT2D eigenvalue weighted by Crippen LogP contribution is 2.36. The molecule has 0 bridgehead atoms. The highest BCUT2D eigenvalue weighted by molar-refractivity contribution is 5.93. The van der Waals surface area contributed by atoms with Gasteiger partial charge >= 0.3 is 0 Å². The van der Waals surface area contributed by atoms with Crippen LogP contribution in [-0.2, 0) is 11.2 Å². The molecule has 2 aliphatic rings. The maximum atomic E-state index is 12.1. The van der Waals surface area contributed by atoms with Crippen molar-refractivity contribution in [2.24, 2.45) is 5.92 Å². The first kappa shape index (κ1) is 17.3. The fourth-order valence-electron chi connectivity index (χ4n) is 4.26. The number of benzene rings is 1. The Labute approximate surface area is 146 Å². The molecule has 2 heterocycles. The van der Waals surface area contributed by atoms with Crippen molar-refractivity contribution in [3.05, 3.63) is 23.8 Å². The van der Waals surface area contributed by atoms with Crippen LogP contribution in [0.5, 0.6) is 0 Å². The zero-order chi connectivity index (χ0) is 17.4. The molecule has 0 aliphatic carbocycles. The molecule has 132 valence electrons. The van der Waals surface area contributed by atoms with E-state index in [4.69, 9.17) is 0 Å². The number of nitrogens with one attached hydrogen (secondary N) is 1. The number of nitrogens with zero attached hydrogens (tertiary/aromatic N) is 2. The van der Waals surface area contributed by atoms with Crippen LogP contribution in [0.1, 0.15) is 46.1 Å². The van der Waals surface area contributed by atoms with Gasteiger partial charge < -0.3 is 15.1 Å². The first-order chi connectivity index (χ1) is 11.4. The number of hydrogen-bond acceptors (Lipinski definition) is 3. The second-order valence-electron chi connectivity index (χ2n) is 7.85. The Morgan fingerprint density at radius 3 is 2.67 bits per heavy atom. The lowest BCUT2D eigenvalue weighted by Gasteiger charge is -2.39. The maximum Gasteiger partial charge on any atom is 0.224 e. The summed E-state index contributed by atoms with van der Waals surface area (Å²) in [5.74, 6) is 0.625. The third kappa shape index (κ3) is 3.30. The Morgan fingerprint density at radius 1 is 1.29 bits per heavy atom. The molecule has 3 rings (SSSR count). The summed E-state index contributed by atoms with van der Waals surface area (Å²) in [5, 5.41) is 3.66. The zero-order valence-corrected chi connectivity index (χ0v) is 15.7. The van der Waals surface area contributed by atoms with Gasteiger partial charge in [-0.3, -0.25) is 4.79 Å². The Balaban J connectivity index is 1.80. The molecule has 0 radical (unpaired) electrons. The van der Waals surface area contributed by atoms with Gasteiger partial charge in [-0.1, -0.05) is 6.92 Å². The molecular weight excluding hydrogens is 298 g/mol. The van der Waals surface area contributed by atoms with Gasteiger partial charge in [-0.2, -0.15) is 0 Å². The molecule has 1 saturated heterocycles. The average Bonchev–Trinajstić information content (AvgIpc) is 2.92. The number of carbonyl (C=O) groups is 1. The molecule has 0 spiro atoms. The average molecular weight is 329 g/mol. The molecule has 2 unspecified atom stereocenters. The van der Waals surface area contributed by atoms with Crippen LogP contribution in [0.25, 0.3) is 0 Å². The maximum absolute atomic E-state index is 12.1. The lowest BCUT2D eigenvalue weighted by molar-refractivity contribution is -0.117. The van der Waals surface area contributed by atoms with Crippen LogP contribution in [0.4, 0.5) is 11.4 Å². The van der Waals surface area contributed by atoms with E-state index in [0.29, 0.717) is 18.0 Å². The van der Waals surface area contributed by atoms with Crippen molar-refractivity contribution >= 4 is 17.3 Å². The zero-order valence-electron chi connectivity index (χ0n) is 15.7. The Bertz CT molecular complexity index is 615. The number of hydrogen-bond donors (Lipinski definition) is 1. The van der Waals surface area contributed by atoms with Crippen LogP contribution < -0.4 is 15.1 Å². The highest BCUT2D eigenvalue weighted by atomic mass is 16.2. The van der Waals surface area contributed by atoms with E-state index in [1.54, 1.807) is 6.92 Å². The minimum atomic E-state index is 0.139. The van der Waals surface area contributed by atoms with Gasteiger partial charge in [0.1, 0.15) is 0 Å². The van der Waals surface area contributed by atoms with E-state index >= 15 is 0 Å². The van der Waals surface area contributed by atoms with Crippen LogP contribution in [0.15, 0.2) is 18.2 Å². The van der Waals surface area contributed by atoms with Crippen molar-refractivity contribution in [1.82, 2.24) is 5.32 Å². The topological polar surface area (TPSA) is 35.6 Å². The van der Waals surface area contributed by atoms with E-state index in [1.807, 2.05) is 4.90 Å². The number of carbonyl (C=O) groups excluding carboxylic acids is 1. The van der Waals surface area contributed by atoms with Gasteiger partial charge in [0.2, 0.25) is 5.91 Å². The first-order valence-electron chi connectivity index (χ1n) is 9.26. The predicted octanol–water partition coefficient (Wildman–Crippen LogP) is 3.20. The van der Waals surface area contributed by atoms with E-state index in [2.05, 4.69) is 56.2 Å². The summed E-state index contributed by atoms with van der Waals surface area (Å²) >= 11 is 0. The summed E-state index contributed by atoms with van der Waals surface area (Å²) < 4.78 is 0. The normalized spacial score (nSPS) is 29.5. The smallest absolute Gasteiger partial charge is 0.224 e. The van der Waals surface area contributed by atoms with Crippen molar-refractivity contribution < 1.29 is 4.79 Å². The SMILES string of the molecule is CC(=O)N1c2ccc(N(C)CC3CCC(C)N3)cc2C[C@@H](C)[C@@H]1C. The van der Waals surface area contributed by atoms with Crippen LogP contribution in [-0.4, -0.2) is 37.6 Å². The van der Waals surface area contributed by atoms with Crippen LogP contribution in [0, 0.1) is 5.92 Å². The molecule has 4 heteroatoms. The monoisotopic (exact) mass is 329 g/mol. The summed E-state index contributed by atoms with van der Waals surface area (Å²) in [5.41, 5.74) is 3.64. The number of amides is 1. The Kier molecular flexibility index (Phi) is 4.86. The van der Waals surface area contributed by atoms with Gasteiger partial charge in [0.05, 0.1) is 0 Å². The standard InChI is InChI=1S/C20H31N3O/c1-13-10-17-11-19(22(5)12-18-7-6-14(2)21-18)8-9-20(17)23(15(13)3)16(4)24/h8-9,11,13-15,18,21H,6-7,10,12H2,1-5H3/t13-,14?,15+,18?/m1/s1. The summed E-state index contributed by atoms with van der Waals surface area (Å²) in [4.78, 5) is 16.4. The molecule has 1 N–H and O–H groups in total. The van der Waals surface area contributed by atoms with Crippen LogP contribution in [0.2, 0.25) is 0 Å². The van der Waals surface area contributed by atoms with E-state index in [9.17, 15) is 4.79 Å². The molecule has 1 fully saturated rings. The van der Waals surface area contributed by atoms with Gasteiger partial charge in [0.25, 0.3) is 0 Å². The third-order valence-corrected chi connectivity index (χ3v) is 5.84. The molecule has 1 aromatic carbocycles. The van der Waals surface area contributed by atoms with Crippen molar-refractivity contribution in [1.29, 1.82) is 0 Å². The van der Waals surface area contributed by atoms with Crippen LogP contribution in [0.3, 0.4) is 0 Å². The van der Waals surface area contributed by atoms with Crippen molar-refractivity contribution in [3.8, 4) is 0 Å². The van der Waals surface area contributed by atoms with E-state index in [0.717, 1.165) is 18.7 Å². The number of anilines is 2. The van der Waals surface area contributed by atoms with Crippen molar-refractivity contribution in [2.45, 2.75) is 65.1 Å². The van der Waals surface area contributed by atoms with Crippen LogP contribution >= 0.6 is 0 Å². The number of fused-ring (bicyclic) bond motifs is 1. The highest BCUT2D eigenvalue weighted by Gasteiger charge is 2.31. The summed E-state index contributed by atoms with van der Waals surface area (Å²) in [7, 11) is 2.17. The molecule has 1 amide bonds. The summed E-state index contributed by atoms with van der Waals surface area (Å²) in [6, 6.07) is 8.06. The molecule has 1 aromatic rings. The van der Waals surface area contributed by atoms with Gasteiger partial charge in [-0.25, -0.2) is 0 Å². The van der Waals surface area contributed by atoms with Gasteiger partial charge in [-0.05, 0) is 62.8 Å². The second-order valence-corrected chi connectivity index (χ2v) is 7.85. The molecule has 0 saturated carbocycles. The Morgan fingerprint density at radius 2 is 2.04 bits per heavy atom. The second kappa shape index (κ2) is 6.75. The summed E-state index contributed by atoms with van der Waals surface area (Å²) in [6.07, 6.45) is 3.56. The molecular formula is C20H31N3O. The molecule has 24 heavy (non-hydrogen) atoms. The summed E-state index contributed by atoms with van der Waals surface area (Å²) in [6.45, 7) is 9.36. The van der Waals surface area contributed by atoms with E-state index in [-0.39, 0.29) is 11.9 Å². The van der Waals surface area contributed by atoms with Gasteiger partial charge in [-0.15, -0.1) is 0 Å². The molecule has 4 nitrogen and oxygen atoms in total. The van der Waals surface area contributed by atoms with Gasteiger partial charge in [0, 0.05) is 50.0 Å². The van der Waals surface area contributed by atoms with Crippen molar-refractivity contribution in [3.63, 3.8) is 0 Å². The molecule has 0 aromatic heterocycles. The third-order valence-electron chi connectivity index (χ3n) is 5.84. The molecule has 2 aliphatic heterocycles. The minimum Gasteiger partial charge on any atom is -0.373 e. The Hall–Kier alpha value is -1.55. The first-order valence-corrected chi connectivity index (χ1v) is 9.26. The van der Waals surface area contributed by atoms with Crippen molar-refractivity contribution in [2.75, 3.05) is 23.4 Å². The lowest BCUT2D eigenvalue weighted by atomic mass is 9.87. The fraction of sp³-hybridized carbons (Fsp3) is 0.650. The lowest BCUT2D eigenvalue weighted by Crippen LogP contribution is -2.45. The largest absolute Gasteiger partial charge is 0.373 e. The van der Waals surface area contributed by atoms with E-state index < -0.39 is 0 Å². The molecule has 4 atom stereocenters. The van der Waals surface area contributed by atoms with Gasteiger partial charge in [0.15, 0.2) is 0 Å². The predicted molar refractivity (Wildman–Crippen MR) is 101 cm³/mol. The number of rotatable bonds is 3. The number of likely N-dealkylation sites (N-methyl/N-ethyl adjacent to an activating group) is 1. The quantitative estimate of drug-likeness (QED) is 0.925. The minimum absolute atomic E-state index is 0.139. The van der Waals surface area contributed by atoms with E-state index in [1.165, 1.54) is 24.1 Å². The fourth-order valence-corrected chi connectivity index (χ4v) is 4.26.